The maximum Gasteiger partial charge on any atom is 0.351 e. The number of carbonyl (C=O) groups excluding carboxylic acids is 1. The molecule has 7 atom stereocenters. The lowest BCUT2D eigenvalue weighted by molar-refractivity contribution is -0.226. The Morgan fingerprint density at radius 2 is 1.76 bits per heavy atom. The average Bonchev–Trinajstić information content (AvgIpc) is 2.78. The van der Waals surface area contributed by atoms with E-state index in [2.05, 4.69) is 0 Å². The second-order valence-electron chi connectivity index (χ2n) is 10.6. The van der Waals surface area contributed by atoms with Crippen molar-refractivity contribution in [3.8, 4) is 17.1 Å². The molecule has 3 aliphatic rings. The van der Waals surface area contributed by atoms with Crippen LogP contribution in [0.1, 0.15) is 50.4 Å². The number of carbonyl (C=O) groups is 1. The van der Waals surface area contributed by atoms with Crippen LogP contribution in [0, 0.1) is 22.7 Å². The van der Waals surface area contributed by atoms with Gasteiger partial charge in [-0.15, -0.1) is 0 Å². The van der Waals surface area contributed by atoms with Crippen LogP contribution in [0.5, 0.6) is 5.75 Å². The summed E-state index contributed by atoms with van der Waals surface area (Å²) in [6.45, 7) is 5.22. The zero-order chi connectivity index (χ0) is 23.8. The zero-order valence-electron chi connectivity index (χ0n) is 19.1. The molecule has 7 heteroatoms. The Morgan fingerprint density at radius 1 is 1.06 bits per heavy atom. The lowest BCUT2D eigenvalue weighted by Crippen LogP contribution is -2.71. The fourth-order valence-corrected chi connectivity index (χ4v) is 6.93. The molecule has 2 unspecified atom stereocenters. The van der Waals surface area contributed by atoms with Crippen molar-refractivity contribution in [3.63, 3.8) is 0 Å². The normalized spacial score (nSPS) is 39.8. The van der Waals surface area contributed by atoms with E-state index in [0.29, 0.717) is 18.4 Å². The molecule has 0 amide bonds. The molecular formula is C26H30O7. The van der Waals surface area contributed by atoms with Crippen LogP contribution in [0.2, 0.25) is 0 Å². The molecule has 2 aliphatic carbocycles. The molecule has 1 aromatic carbocycles. The van der Waals surface area contributed by atoms with Crippen LogP contribution in [-0.4, -0.2) is 45.5 Å². The minimum absolute atomic E-state index is 0.121. The molecule has 1 aliphatic heterocycles. The van der Waals surface area contributed by atoms with Gasteiger partial charge in [0.05, 0.1) is 24.7 Å². The predicted molar refractivity (Wildman–Crippen MR) is 120 cm³/mol. The Morgan fingerprint density at radius 3 is 2.42 bits per heavy atom. The van der Waals surface area contributed by atoms with Gasteiger partial charge in [0.1, 0.15) is 22.7 Å². The van der Waals surface area contributed by atoms with Crippen molar-refractivity contribution in [1.82, 2.24) is 0 Å². The summed E-state index contributed by atoms with van der Waals surface area (Å²) in [6.07, 6.45) is -0.579. The van der Waals surface area contributed by atoms with Crippen LogP contribution in [0.15, 0.2) is 45.6 Å². The monoisotopic (exact) mass is 454 g/mol. The lowest BCUT2D eigenvalue weighted by Gasteiger charge is -2.64. The molecular weight excluding hydrogens is 424 g/mol. The molecule has 0 saturated heterocycles. The van der Waals surface area contributed by atoms with Gasteiger partial charge >= 0.3 is 5.63 Å². The van der Waals surface area contributed by atoms with Gasteiger partial charge in [-0.25, -0.2) is 4.79 Å². The molecule has 7 nitrogen and oxygen atoms in total. The van der Waals surface area contributed by atoms with Crippen LogP contribution in [0.3, 0.4) is 0 Å². The van der Waals surface area contributed by atoms with Crippen LogP contribution in [0.25, 0.3) is 11.3 Å². The third kappa shape index (κ3) is 2.92. The minimum atomic E-state index is -1.25. The van der Waals surface area contributed by atoms with Gasteiger partial charge in [-0.05, 0) is 37.5 Å². The van der Waals surface area contributed by atoms with Crippen LogP contribution < -0.4 is 10.4 Å². The molecule has 5 rings (SSSR count). The predicted octanol–water partition coefficient (Wildman–Crippen LogP) is 2.80. The SMILES string of the molecule is C[C@]12CC[C@H](O)[C@@](C)(CO)C1C[C@H](O)[C@@]1(C)Oc3cc(-c4ccccc4)oc(=O)c3C(=O)C21. The molecule has 3 N–H and O–H groups in total. The molecule has 1 aromatic heterocycles. The number of aliphatic hydroxyl groups is 3. The van der Waals surface area contributed by atoms with Crippen molar-refractivity contribution in [3.05, 3.63) is 52.4 Å². The quantitative estimate of drug-likeness (QED) is 0.639. The lowest BCUT2D eigenvalue weighted by atomic mass is 9.43. The van der Waals surface area contributed by atoms with Gasteiger partial charge in [-0.3, -0.25) is 4.79 Å². The number of ether oxygens (including phenoxy) is 1. The summed E-state index contributed by atoms with van der Waals surface area (Å²) in [5.41, 5.74) is -3.04. The first-order valence-electron chi connectivity index (χ1n) is 11.5. The molecule has 2 heterocycles. The molecule has 0 bridgehead atoms. The average molecular weight is 455 g/mol. The van der Waals surface area contributed by atoms with E-state index in [1.165, 1.54) is 0 Å². The maximum absolute atomic E-state index is 13.9. The summed E-state index contributed by atoms with van der Waals surface area (Å²) in [5.74, 6) is -1.16. The Balaban J connectivity index is 1.66. The summed E-state index contributed by atoms with van der Waals surface area (Å²) < 4.78 is 11.9. The zero-order valence-corrected chi connectivity index (χ0v) is 19.1. The van der Waals surface area contributed by atoms with Crippen LogP contribution in [0.4, 0.5) is 0 Å². The molecule has 33 heavy (non-hydrogen) atoms. The topological polar surface area (TPSA) is 117 Å². The first kappa shape index (κ1) is 22.3. The molecule has 2 aromatic rings. The summed E-state index contributed by atoms with van der Waals surface area (Å²) in [7, 11) is 0. The highest BCUT2D eigenvalue weighted by Crippen LogP contribution is 2.64. The summed E-state index contributed by atoms with van der Waals surface area (Å²) in [5, 5.41) is 32.2. The first-order chi connectivity index (χ1) is 15.6. The van der Waals surface area contributed by atoms with Crippen molar-refractivity contribution >= 4 is 5.78 Å². The maximum atomic E-state index is 13.9. The van der Waals surface area contributed by atoms with Gasteiger partial charge < -0.3 is 24.5 Å². The molecule has 2 saturated carbocycles. The van der Waals surface area contributed by atoms with Crippen molar-refractivity contribution < 1.29 is 29.3 Å². The van der Waals surface area contributed by atoms with Crippen molar-refractivity contribution in [2.24, 2.45) is 22.7 Å². The van der Waals surface area contributed by atoms with Crippen LogP contribution in [-0.2, 0) is 0 Å². The van der Waals surface area contributed by atoms with Crippen molar-refractivity contribution in [2.45, 2.75) is 57.8 Å². The number of fused-ring (bicyclic) bond motifs is 4. The van der Waals surface area contributed by atoms with Gasteiger partial charge in [0.25, 0.3) is 0 Å². The van der Waals surface area contributed by atoms with Crippen molar-refractivity contribution in [2.75, 3.05) is 6.61 Å². The Hall–Kier alpha value is -2.48. The highest BCUT2D eigenvalue weighted by Gasteiger charge is 2.69. The van der Waals surface area contributed by atoms with Gasteiger partial charge in [-0.1, -0.05) is 44.2 Å². The van der Waals surface area contributed by atoms with E-state index in [-0.39, 0.29) is 36.0 Å². The summed E-state index contributed by atoms with van der Waals surface area (Å²) in [6, 6.07) is 10.6. The highest BCUT2D eigenvalue weighted by atomic mass is 16.5. The van der Waals surface area contributed by atoms with Gasteiger partial charge in [0, 0.05) is 17.0 Å². The number of ketones is 1. The molecule has 2 fully saturated rings. The smallest absolute Gasteiger partial charge is 0.351 e. The number of rotatable bonds is 2. The highest BCUT2D eigenvalue weighted by molar-refractivity contribution is 6.02. The van der Waals surface area contributed by atoms with Gasteiger partial charge in [-0.2, -0.15) is 0 Å². The molecule has 0 spiro atoms. The fourth-order valence-electron chi connectivity index (χ4n) is 6.93. The number of benzene rings is 1. The number of hydrogen-bond donors (Lipinski definition) is 3. The molecule has 176 valence electrons. The largest absolute Gasteiger partial charge is 0.483 e. The Kier molecular flexibility index (Phi) is 4.91. The first-order valence-corrected chi connectivity index (χ1v) is 11.5. The fraction of sp³-hybridized carbons (Fsp3) is 0.538. The summed E-state index contributed by atoms with van der Waals surface area (Å²) >= 11 is 0. The van der Waals surface area contributed by atoms with E-state index in [4.69, 9.17) is 9.15 Å². The number of hydrogen-bond acceptors (Lipinski definition) is 7. The van der Waals surface area contributed by atoms with Gasteiger partial charge in [0.2, 0.25) is 0 Å². The van der Waals surface area contributed by atoms with Crippen molar-refractivity contribution in [1.29, 1.82) is 0 Å². The second-order valence-corrected chi connectivity index (χ2v) is 10.6. The van der Waals surface area contributed by atoms with E-state index in [9.17, 15) is 24.9 Å². The third-order valence-electron chi connectivity index (χ3n) is 8.82. The Labute approximate surface area is 192 Å². The summed E-state index contributed by atoms with van der Waals surface area (Å²) in [4.78, 5) is 27.0. The van der Waals surface area contributed by atoms with E-state index in [0.717, 1.165) is 0 Å². The van der Waals surface area contributed by atoms with E-state index < -0.39 is 46.0 Å². The Bertz CT molecular complexity index is 1160. The van der Waals surface area contributed by atoms with E-state index in [1.54, 1.807) is 32.0 Å². The van der Waals surface area contributed by atoms with E-state index >= 15 is 0 Å². The van der Waals surface area contributed by atoms with E-state index in [1.807, 2.05) is 25.1 Å². The van der Waals surface area contributed by atoms with Gasteiger partial charge in [0.15, 0.2) is 5.78 Å². The third-order valence-corrected chi connectivity index (χ3v) is 8.82. The standard InChI is InChI=1S/C26H30O7/c1-24-10-9-18(28)25(2,13-27)17(24)12-19(29)26(3)22(24)21(30)20-16(33-26)11-15(32-23(20)31)14-7-5-4-6-8-14/h4-8,11,17-19,22,27-29H,9-10,12-13H2,1-3H3/t17?,18-,19-,22?,24-,25-,26+/m0/s1. The van der Waals surface area contributed by atoms with Crippen LogP contribution >= 0.6 is 0 Å². The second kappa shape index (κ2) is 7.26. The number of aliphatic hydroxyl groups excluding tert-OH is 3. The number of Topliss-reactive ketones (excluding diaryl/α,β-unsaturated/α-hetero) is 1. The minimum Gasteiger partial charge on any atom is -0.483 e. The molecule has 0 radical (unpaired) electrons.